The van der Waals surface area contributed by atoms with Gasteiger partial charge in [-0.3, -0.25) is 0 Å². The van der Waals surface area contributed by atoms with Crippen LogP contribution in [0.25, 0.3) is 21.9 Å². The van der Waals surface area contributed by atoms with Crippen molar-refractivity contribution in [2.75, 3.05) is 6.61 Å². The Kier molecular flexibility index (Phi) is 4.91. The first-order valence-electron chi connectivity index (χ1n) is 12.2. The van der Waals surface area contributed by atoms with E-state index >= 15 is 0 Å². The molecule has 34 heavy (non-hydrogen) atoms. The van der Waals surface area contributed by atoms with Crippen LogP contribution in [-0.4, -0.2) is 28.8 Å². The molecule has 0 aliphatic heterocycles. The second-order valence-corrected chi connectivity index (χ2v) is 10.7. The third kappa shape index (κ3) is 3.64. The molecular weight excluding hydrogens is 428 g/mol. The molecular formula is C29H28O5. The first kappa shape index (κ1) is 21.2. The number of fused-ring (bicyclic) bond motifs is 1. The van der Waals surface area contributed by atoms with E-state index in [0.717, 1.165) is 39.7 Å². The largest absolute Gasteiger partial charge is 0.482 e. The fourth-order valence-corrected chi connectivity index (χ4v) is 7.39. The fourth-order valence-electron chi connectivity index (χ4n) is 7.39. The molecule has 0 spiro atoms. The Bertz CT molecular complexity index is 1270. The molecule has 5 heteroatoms. The number of aliphatic carboxylic acids is 1. The maximum atomic E-state index is 11.3. The number of aromatic carboxylic acids is 1. The number of carboxylic acid groups (broad SMARTS) is 2. The number of carboxylic acids is 2. The summed E-state index contributed by atoms with van der Waals surface area (Å²) in [4.78, 5) is 22.6. The lowest BCUT2D eigenvalue weighted by atomic mass is 9.48. The van der Waals surface area contributed by atoms with Gasteiger partial charge in [-0.15, -0.1) is 0 Å². The van der Waals surface area contributed by atoms with Gasteiger partial charge in [-0.2, -0.15) is 0 Å². The number of carbonyl (C=O) groups is 2. The maximum absolute atomic E-state index is 11.3. The van der Waals surface area contributed by atoms with Crippen molar-refractivity contribution >= 4 is 22.7 Å². The molecule has 0 atom stereocenters. The number of rotatable bonds is 6. The van der Waals surface area contributed by atoms with Crippen LogP contribution < -0.4 is 4.74 Å². The molecule has 0 amide bonds. The predicted octanol–water partition coefficient (Wildman–Crippen LogP) is 6.14. The zero-order valence-corrected chi connectivity index (χ0v) is 19.0. The van der Waals surface area contributed by atoms with E-state index in [9.17, 15) is 19.8 Å². The van der Waals surface area contributed by atoms with E-state index in [1.54, 1.807) is 12.1 Å². The summed E-state index contributed by atoms with van der Waals surface area (Å²) in [6.45, 7) is -0.333. The summed E-state index contributed by atoms with van der Waals surface area (Å²) in [5, 5.41) is 20.4. The third-order valence-electron chi connectivity index (χ3n) is 8.36. The average molecular weight is 457 g/mol. The molecule has 2 N–H and O–H groups in total. The normalized spacial score (nSPS) is 27.1. The molecule has 0 saturated heterocycles. The number of hydrogen-bond donors (Lipinski definition) is 2. The van der Waals surface area contributed by atoms with Gasteiger partial charge in [0.2, 0.25) is 0 Å². The zero-order chi connectivity index (χ0) is 23.4. The lowest BCUT2D eigenvalue weighted by Gasteiger charge is -2.57. The summed E-state index contributed by atoms with van der Waals surface area (Å²) in [5.41, 5.74) is 3.67. The van der Waals surface area contributed by atoms with Crippen molar-refractivity contribution < 1.29 is 24.5 Å². The van der Waals surface area contributed by atoms with Gasteiger partial charge >= 0.3 is 11.9 Å². The summed E-state index contributed by atoms with van der Waals surface area (Å²) >= 11 is 0. The minimum absolute atomic E-state index is 0.0752. The van der Waals surface area contributed by atoms with Gasteiger partial charge in [0, 0.05) is 5.56 Å². The molecule has 5 nitrogen and oxygen atoms in total. The van der Waals surface area contributed by atoms with Gasteiger partial charge in [0.25, 0.3) is 0 Å². The van der Waals surface area contributed by atoms with E-state index in [4.69, 9.17) is 4.74 Å². The lowest BCUT2D eigenvalue weighted by Crippen LogP contribution is -2.48. The van der Waals surface area contributed by atoms with E-state index in [2.05, 4.69) is 12.1 Å². The molecule has 4 fully saturated rings. The van der Waals surface area contributed by atoms with Gasteiger partial charge in [0.15, 0.2) is 6.61 Å². The molecule has 3 aromatic carbocycles. The van der Waals surface area contributed by atoms with Gasteiger partial charge in [-0.05, 0) is 114 Å². The van der Waals surface area contributed by atoms with Crippen LogP contribution in [-0.2, 0) is 10.2 Å². The number of ether oxygens (including phenoxy) is 1. The van der Waals surface area contributed by atoms with E-state index in [0.29, 0.717) is 5.75 Å². The molecule has 4 bridgehead atoms. The van der Waals surface area contributed by atoms with Crippen LogP contribution in [0.5, 0.6) is 5.75 Å². The van der Waals surface area contributed by atoms with Crippen LogP contribution in [0.4, 0.5) is 0 Å². The van der Waals surface area contributed by atoms with Gasteiger partial charge in [0.05, 0.1) is 5.56 Å². The molecule has 0 heterocycles. The van der Waals surface area contributed by atoms with Gasteiger partial charge in [-0.25, -0.2) is 9.59 Å². The van der Waals surface area contributed by atoms with Crippen LogP contribution in [0.3, 0.4) is 0 Å². The first-order valence-corrected chi connectivity index (χ1v) is 12.2. The van der Waals surface area contributed by atoms with E-state index in [1.807, 2.05) is 30.3 Å². The summed E-state index contributed by atoms with van der Waals surface area (Å²) in [5.74, 6) is 1.13. The van der Waals surface area contributed by atoms with Gasteiger partial charge in [0.1, 0.15) is 5.75 Å². The van der Waals surface area contributed by atoms with Crippen LogP contribution >= 0.6 is 0 Å². The van der Waals surface area contributed by atoms with E-state index in [1.165, 1.54) is 44.1 Å². The number of hydrogen-bond acceptors (Lipinski definition) is 3. The van der Waals surface area contributed by atoms with Crippen molar-refractivity contribution in [2.45, 2.75) is 43.9 Å². The van der Waals surface area contributed by atoms with Crippen molar-refractivity contribution in [1.29, 1.82) is 0 Å². The second kappa shape index (κ2) is 7.86. The highest BCUT2D eigenvalue weighted by Gasteiger charge is 2.52. The molecule has 4 aliphatic carbocycles. The lowest BCUT2D eigenvalue weighted by molar-refractivity contribution is -0.139. The Labute approximate surface area is 198 Å². The molecule has 0 unspecified atom stereocenters. The third-order valence-corrected chi connectivity index (χ3v) is 8.36. The van der Waals surface area contributed by atoms with Crippen molar-refractivity contribution in [3.8, 4) is 16.9 Å². The highest BCUT2D eigenvalue weighted by atomic mass is 16.5. The molecule has 3 aromatic rings. The minimum atomic E-state index is -0.962. The summed E-state index contributed by atoms with van der Waals surface area (Å²) in [6, 6.07) is 17.5. The fraction of sp³-hybridized carbons (Fsp3) is 0.379. The Morgan fingerprint density at radius 1 is 0.794 bits per heavy atom. The Balaban J connectivity index is 1.42. The smallest absolute Gasteiger partial charge is 0.341 e. The zero-order valence-electron chi connectivity index (χ0n) is 19.0. The van der Waals surface area contributed by atoms with Crippen molar-refractivity contribution in [2.24, 2.45) is 17.8 Å². The summed E-state index contributed by atoms with van der Waals surface area (Å²) < 4.78 is 5.83. The van der Waals surface area contributed by atoms with Crippen LogP contribution in [0, 0.1) is 17.8 Å². The topological polar surface area (TPSA) is 83.8 Å². The molecule has 4 aliphatic rings. The van der Waals surface area contributed by atoms with E-state index in [-0.39, 0.29) is 17.6 Å². The first-order chi connectivity index (χ1) is 16.4. The van der Waals surface area contributed by atoms with Crippen LogP contribution in [0.15, 0.2) is 54.6 Å². The SMILES string of the molecule is O=C(O)COc1ccc(-c2ccc3cc(C(=O)O)ccc3c2)cc1C12CC3CC(CC(C3)C1)C2. The molecule has 0 radical (unpaired) electrons. The Morgan fingerprint density at radius 3 is 2.03 bits per heavy atom. The minimum Gasteiger partial charge on any atom is -0.482 e. The molecule has 7 rings (SSSR count). The maximum Gasteiger partial charge on any atom is 0.341 e. The molecule has 4 saturated carbocycles. The van der Waals surface area contributed by atoms with Crippen LogP contribution in [0.2, 0.25) is 0 Å². The molecule has 0 aromatic heterocycles. The highest BCUT2D eigenvalue weighted by Crippen LogP contribution is 2.62. The average Bonchev–Trinajstić information content (AvgIpc) is 2.81. The summed E-state index contributed by atoms with van der Waals surface area (Å²) in [6.07, 6.45) is 7.53. The molecule has 174 valence electrons. The Morgan fingerprint density at radius 2 is 1.38 bits per heavy atom. The van der Waals surface area contributed by atoms with Crippen LogP contribution in [0.1, 0.15) is 54.4 Å². The Hall–Kier alpha value is -3.34. The predicted molar refractivity (Wildman–Crippen MR) is 129 cm³/mol. The van der Waals surface area contributed by atoms with E-state index < -0.39 is 11.9 Å². The second-order valence-electron chi connectivity index (χ2n) is 10.7. The number of benzene rings is 3. The monoisotopic (exact) mass is 456 g/mol. The van der Waals surface area contributed by atoms with Crippen molar-refractivity contribution in [3.05, 3.63) is 65.7 Å². The van der Waals surface area contributed by atoms with Gasteiger partial charge < -0.3 is 14.9 Å². The standard InChI is InChI=1S/C29H28O5/c30-27(31)16-34-26-6-5-23(21-1-2-22-11-24(28(32)33)4-3-20(22)10-21)12-25(26)29-13-17-7-18(14-29)9-19(8-17)15-29/h1-6,10-12,17-19H,7-9,13-16H2,(H,30,31)(H,32,33). The van der Waals surface area contributed by atoms with Crippen molar-refractivity contribution in [3.63, 3.8) is 0 Å². The summed E-state index contributed by atoms with van der Waals surface area (Å²) in [7, 11) is 0. The quantitative estimate of drug-likeness (QED) is 0.466. The highest BCUT2D eigenvalue weighted by molar-refractivity contribution is 5.95. The van der Waals surface area contributed by atoms with Gasteiger partial charge in [-0.1, -0.05) is 24.3 Å². The van der Waals surface area contributed by atoms with Crippen molar-refractivity contribution in [1.82, 2.24) is 0 Å².